The number of hydrogen-bond acceptors (Lipinski definition) is 3. The van der Waals surface area contributed by atoms with Gasteiger partial charge in [0.15, 0.2) is 0 Å². The van der Waals surface area contributed by atoms with E-state index in [0.717, 1.165) is 11.3 Å². The minimum Gasteiger partial charge on any atom is -0.370 e. The van der Waals surface area contributed by atoms with Crippen molar-refractivity contribution in [1.29, 1.82) is 5.26 Å². The second-order valence-corrected chi connectivity index (χ2v) is 2.50. The standard InChI is InChI=1S/C7H7N3O/c1-10-7(2-8)5-3-11-4-6(5)9-10/h3-4H2,1H3. The van der Waals surface area contributed by atoms with E-state index >= 15 is 0 Å². The van der Waals surface area contributed by atoms with Gasteiger partial charge in [-0.05, 0) is 0 Å². The second-order valence-electron chi connectivity index (χ2n) is 2.50. The van der Waals surface area contributed by atoms with E-state index in [1.807, 2.05) is 0 Å². The van der Waals surface area contributed by atoms with Crippen LogP contribution in [0.5, 0.6) is 0 Å². The second kappa shape index (κ2) is 2.07. The van der Waals surface area contributed by atoms with Crippen LogP contribution in [0.1, 0.15) is 17.0 Å². The summed E-state index contributed by atoms with van der Waals surface area (Å²) in [6.45, 7) is 1.08. The molecule has 1 aliphatic rings. The average Bonchev–Trinajstić information content (AvgIpc) is 2.46. The third-order valence-corrected chi connectivity index (χ3v) is 1.82. The molecule has 56 valence electrons. The first kappa shape index (κ1) is 6.38. The van der Waals surface area contributed by atoms with Crippen molar-refractivity contribution in [2.75, 3.05) is 0 Å². The summed E-state index contributed by atoms with van der Waals surface area (Å²) < 4.78 is 6.73. The number of aryl methyl sites for hydroxylation is 1. The molecule has 2 rings (SSSR count). The molecule has 1 aromatic heterocycles. The molecule has 0 radical (unpaired) electrons. The van der Waals surface area contributed by atoms with Gasteiger partial charge in [0.05, 0.1) is 18.9 Å². The Labute approximate surface area is 64.0 Å². The van der Waals surface area contributed by atoms with Gasteiger partial charge in [0.25, 0.3) is 0 Å². The van der Waals surface area contributed by atoms with E-state index in [-0.39, 0.29) is 0 Å². The van der Waals surface area contributed by atoms with Crippen molar-refractivity contribution in [1.82, 2.24) is 9.78 Å². The maximum Gasteiger partial charge on any atom is 0.144 e. The summed E-state index contributed by atoms with van der Waals surface area (Å²) in [5, 5.41) is 12.8. The molecule has 0 atom stereocenters. The predicted molar refractivity (Wildman–Crippen MR) is 36.4 cm³/mol. The molecule has 1 aromatic rings. The molecule has 0 N–H and O–H groups in total. The molecule has 11 heavy (non-hydrogen) atoms. The maximum absolute atomic E-state index is 8.71. The summed E-state index contributed by atoms with van der Waals surface area (Å²) in [5.74, 6) is 0. The molecule has 0 saturated carbocycles. The number of aromatic nitrogens is 2. The van der Waals surface area contributed by atoms with E-state index in [4.69, 9.17) is 10.00 Å². The fourth-order valence-corrected chi connectivity index (χ4v) is 1.28. The van der Waals surface area contributed by atoms with Crippen LogP contribution < -0.4 is 0 Å². The predicted octanol–water partition coefficient (Wildman–Crippen LogP) is 0.322. The number of nitriles is 1. The van der Waals surface area contributed by atoms with Gasteiger partial charge in [-0.15, -0.1) is 0 Å². The van der Waals surface area contributed by atoms with E-state index in [0.29, 0.717) is 18.9 Å². The first-order valence-electron chi connectivity index (χ1n) is 3.35. The van der Waals surface area contributed by atoms with Gasteiger partial charge in [-0.25, -0.2) is 0 Å². The van der Waals surface area contributed by atoms with Gasteiger partial charge >= 0.3 is 0 Å². The van der Waals surface area contributed by atoms with Crippen LogP contribution in [0.3, 0.4) is 0 Å². The molecule has 0 fully saturated rings. The van der Waals surface area contributed by atoms with Crippen molar-refractivity contribution >= 4 is 0 Å². The minimum absolute atomic E-state index is 0.534. The summed E-state index contributed by atoms with van der Waals surface area (Å²) in [5.41, 5.74) is 2.48. The summed E-state index contributed by atoms with van der Waals surface area (Å²) >= 11 is 0. The highest BCUT2D eigenvalue weighted by Gasteiger charge is 2.20. The molecule has 0 saturated heterocycles. The Kier molecular flexibility index (Phi) is 1.20. The molecule has 4 heteroatoms. The normalized spacial score (nSPS) is 14.5. The van der Waals surface area contributed by atoms with Gasteiger partial charge in [0.1, 0.15) is 11.8 Å². The summed E-state index contributed by atoms with van der Waals surface area (Å²) in [6.07, 6.45) is 0. The third-order valence-electron chi connectivity index (χ3n) is 1.82. The fraction of sp³-hybridized carbons (Fsp3) is 0.429. The zero-order valence-electron chi connectivity index (χ0n) is 6.16. The zero-order chi connectivity index (χ0) is 7.84. The lowest BCUT2D eigenvalue weighted by molar-refractivity contribution is 0.130. The van der Waals surface area contributed by atoms with Gasteiger partial charge in [0, 0.05) is 12.6 Å². The number of nitrogens with zero attached hydrogens (tertiary/aromatic N) is 3. The number of fused-ring (bicyclic) bond motifs is 1. The first-order chi connectivity index (χ1) is 5.33. The summed E-state index contributed by atoms with van der Waals surface area (Å²) in [7, 11) is 1.77. The van der Waals surface area contributed by atoms with Crippen LogP contribution in [0.4, 0.5) is 0 Å². The number of ether oxygens (including phenoxy) is 1. The Morgan fingerprint density at radius 3 is 3.18 bits per heavy atom. The minimum atomic E-state index is 0.534. The molecule has 0 spiro atoms. The fourth-order valence-electron chi connectivity index (χ4n) is 1.28. The van der Waals surface area contributed by atoms with Crippen LogP contribution in [0.15, 0.2) is 0 Å². The highest BCUT2D eigenvalue weighted by Crippen LogP contribution is 2.21. The van der Waals surface area contributed by atoms with Crippen LogP contribution in [-0.4, -0.2) is 9.78 Å². The quantitative estimate of drug-likeness (QED) is 0.533. The maximum atomic E-state index is 8.71. The number of hydrogen-bond donors (Lipinski definition) is 0. The molecule has 4 nitrogen and oxygen atoms in total. The Morgan fingerprint density at radius 1 is 1.64 bits per heavy atom. The van der Waals surface area contributed by atoms with Gasteiger partial charge in [0.2, 0.25) is 0 Å². The highest BCUT2D eigenvalue weighted by atomic mass is 16.5. The van der Waals surface area contributed by atoms with E-state index in [1.165, 1.54) is 0 Å². The molecule has 2 heterocycles. The SMILES string of the molecule is Cn1nc2c(c1C#N)COC2. The average molecular weight is 149 g/mol. The smallest absolute Gasteiger partial charge is 0.144 e. The topological polar surface area (TPSA) is 50.8 Å². The van der Waals surface area contributed by atoms with Crippen LogP contribution in [0.25, 0.3) is 0 Å². The van der Waals surface area contributed by atoms with E-state index in [1.54, 1.807) is 11.7 Å². The Morgan fingerprint density at radius 2 is 2.45 bits per heavy atom. The van der Waals surface area contributed by atoms with Crippen molar-refractivity contribution < 1.29 is 4.74 Å². The van der Waals surface area contributed by atoms with Gasteiger partial charge in [-0.3, -0.25) is 4.68 Å². The monoisotopic (exact) mass is 149 g/mol. The van der Waals surface area contributed by atoms with Crippen LogP contribution in [0, 0.1) is 11.3 Å². The Hall–Kier alpha value is -1.34. The summed E-state index contributed by atoms with van der Waals surface area (Å²) in [6, 6.07) is 2.10. The van der Waals surface area contributed by atoms with Gasteiger partial charge in [-0.2, -0.15) is 10.4 Å². The molecule has 0 amide bonds. The van der Waals surface area contributed by atoms with Crippen LogP contribution in [0.2, 0.25) is 0 Å². The lowest BCUT2D eigenvalue weighted by Crippen LogP contribution is -1.97. The summed E-state index contributed by atoms with van der Waals surface area (Å²) in [4.78, 5) is 0. The van der Waals surface area contributed by atoms with Crippen molar-refractivity contribution in [3.05, 3.63) is 17.0 Å². The van der Waals surface area contributed by atoms with E-state index in [2.05, 4.69) is 11.2 Å². The van der Waals surface area contributed by atoms with E-state index < -0.39 is 0 Å². The van der Waals surface area contributed by atoms with Crippen molar-refractivity contribution in [3.63, 3.8) is 0 Å². The third kappa shape index (κ3) is 0.748. The molecular weight excluding hydrogens is 142 g/mol. The molecule has 0 aliphatic carbocycles. The molecule has 0 bridgehead atoms. The Bertz CT molecular complexity index is 334. The molecule has 0 unspecified atom stereocenters. The van der Waals surface area contributed by atoms with Crippen molar-refractivity contribution in [2.45, 2.75) is 13.2 Å². The van der Waals surface area contributed by atoms with Crippen LogP contribution >= 0.6 is 0 Å². The largest absolute Gasteiger partial charge is 0.370 e. The lowest BCUT2D eigenvalue weighted by Gasteiger charge is -1.93. The van der Waals surface area contributed by atoms with Crippen LogP contribution in [-0.2, 0) is 25.0 Å². The van der Waals surface area contributed by atoms with Crippen molar-refractivity contribution in [3.8, 4) is 6.07 Å². The zero-order valence-corrected chi connectivity index (χ0v) is 6.16. The van der Waals surface area contributed by atoms with Crippen molar-refractivity contribution in [2.24, 2.45) is 7.05 Å². The molecule has 0 aromatic carbocycles. The number of rotatable bonds is 0. The highest BCUT2D eigenvalue weighted by molar-refractivity contribution is 5.36. The lowest BCUT2D eigenvalue weighted by atomic mass is 10.2. The van der Waals surface area contributed by atoms with Gasteiger partial charge < -0.3 is 4.74 Å². The van der Waals surface area contributed by atoms with Gasteiger partial charge in [-0.1, -0.05) is 0 Å². The van der Waals surface area contributed by atoms with E-state index in [9.17, 15) is 0 Å². The first-order valence-corrected chi connectivity index (χ1v) is 3.35. The molecule has 1 aliphatic heterocycles. The molecular formula is C7H7N3O. The Balaban J connectivity index is 2.63.